The lowest BCUT2D eigenvalue weighted by atomic mass is 10.1. The maximum atomic E-state index is 2.52. The van der Waals surface area contributed by atoms with Crippen molar-refractivity contribution < 1.29 is 4.57 Å². The highest BCUT2D eigenvalue weighted by Gasteiger charge is 2.15. The largest absolute Gasteiger partial charge is 0.256 e. The first-order chi connectivity index (χ1) is 11.8. The molecule has 1 rings (SSSR count). The van der Waals surface area contributed by atoms with Gasteiger partial charge in [-0.2, -0.15) is 0 Å². The molecule has 0 bridgehead atoms. The minimum absolute atomic E-state index is 1.20. The molecule has 0 unspecified atom stereocenters. The minimum atomic E-state index is 1.20. The van der Waals surface area contributed by atoms with Crippen LogP contribution in [-0.4, -0.2) is 4.57 Å². The van der Waals surface area contributed by atoms with E-state index in [0.717, 1.165) is 0 Å². The first-order valence-corrected chi connectivity index (χ1v) is 10.9. The summed E-state index contributed by atoms with van der Waals surface area (Å²) < 4.78 is 5.04. The molecule has 0 aliphatic heterocycles. The van der Waals surface area contributed by atoms with Gasteiger partial charge in [0.15, 0.2) is 0 Å². The summed E-state index contributed by atoms with van der Waals surface area (Å²) in [5, 5.41) is 0. The number of hydrogen-bond donors (Lipinski definition) is 0. The van der Waals surface area contributed by atoms with Crippen LogP contribution in [0.25, 0.3) is 0 Å². The van der Waals surface area contributed by atoms with E-state index < -0.39 is 0 Å². The van der Waals surface area contributed by atoms with Gasteiger partial charge in [0.1, 0.15) is 12.4 Å². The second-order valence-corrected chi connectivity index (χ2v) is 7.39. The molecular weight excluding hydrogens is 292 g/mol. The lowest BCUT2D eigenvalue weighted by Crippen LogP contribution is -2.37. The summed E-state index contributed by atoms with van der Waals surface area (Å²) in [6.07, 6.45) is 23.8. The van der Waals surface area contributed by atoms with Gasteiger partial charge in [0, 0.05) is 6.42 Å². The number of unbranched alkanes of at least 4 members (excludes halogenated alkanes) is 10. The summed E-state index contributed by atoms with van der Waals surface area (Å²) in [6.45, 7) is 9.26. The zero-order valence-corrected chi connectivity index (χ0v) is 16.9. The first kappa shape index (κ1) is 21.3. The van der Waals surface area contributed by atoms with Crippen LogP contribution < -0.4 is 4.57 Å². The highest BCUT2D eigenvalue weighted by atomic mass is 15.1. The lowest BCUT2D eigenvalue weighted by Gasteiger charge is -2.06. The second-order valence-electron chi connectivity index (χ2n) is 7.39. The van der Waals surface area contributed by atoms with Crippen LogP contribution >= 0.6 is 0 Å². The summed E-state index contributed by atoms with van der Waals surface area (Å²) in [5.41, 5.74) is 0. The van der Waals surface area contributed by atoms with Crippen LogP contribution in [0, 0.1) is 0 Å². The van der Waals surface area contributed by atoms with Gasteiger partial charge in [-0.15, -0.1) is 0 Å². The number of aromatic nitrogens is 2. The number of nitrogens with zero attached hydrogens (tertiary/aromatic N) is 2. The fourth-order valence-corrected chi connectivity index (χ4v) is 3.44. The van der Waals surface area contributed by atoms with E-state index in [-0.39, 0.29) is 0 Å². The van der Waals surface area contributed by atoms with Crippen molar-refractivity contribution in [1.29, 1.82) is 0 Å². The van der Waals surface area contributed by atoms with Crippen LogP contribution in [0.5, 0.6) is 0 Å². The zero-order valence-electron chi connectivity index (χ0n) is 16.9. The summed E-state index contributed by atoms with van der Waals surface area (Å²) in [7, 11) is 0. The fourth-order valence-electron chi connectivity index (χ4n) is 3.44. The van der Waals surface area contributed by atoms with E-state index in [9.17, 15) is 0 Å². The molecule has 0 saturated carbocycles. The molecule has 2 nitrogen and oxygen atoms in total. The van der Waals surface area contributed by atoms with E-state index in [1.54, 1.807) is 5.82 Å². The summed E-state index contributed by atoms with van der Waals surface area (Å²) in [4.78, 5) is 0. The van der Waals surface area contributed by atoms with Crippen LogP contribution in [0.15, 0.2) is 12.4 Å². The lowest BCUT2D eigenvalue weighted by molar-refractivity contribution is -0.704. The van der Waals surface area contributed by atoms with Gasteiger partial charge in [0.05, 0.1) is 13.1 Å². The first-order valence-electron chi connectivity index (χ1n) is 10.9. The number of rotatable bonds is 16. The Morgan fingerprint density at radius 3 is 1.92 bits per heavy atom. The van der Waals surface area contributed by atoms with Gasteiger partial charge < -0.3 is 0 Å². The molecule has 1 aromatic rings. The Hall–Kier alpha value is -0.790. The topological polar surface area (TPSA) is 8.81 Å². The van der Waals surface area contributed by atoms with Crippen molar-refractivity contribution in [1.82, 2.24) is 4.57 Å². The highest BCUT2D eigenvalue weighted by molar-refractivity contribution is 4.84. The second kappa shape index (κ2) is 14.5. The molecule has 0 aliphatic carbocycles. The van der Waals surface area contributed by atoms with Crippen molar-refractivity contribution in [2.24, 2.45) is 0 Å². The van der Waals surface area contributed by atoms with Crippen LogP contribution in [-0.2, 0) is 19.5 Å². The Morgan fingerprint density at radius 2 is 1.29 bits per heavy atom. The van der Waals surface area contributed by atoms with Gasteiger partial charge in [0.25, 0.3) is 5.82 Å². The Morgan fingerprint density at radius 1 is 0.708 bits per heavy atom. The van der Waals surface area contributed by atoms with Gasteiger partial charge in [-0.3, -0.25) is 0 Å². The van der Waals surface area contributed by atoms with Crippen molar-refractivity contribution in [2.45, 2.75) is 124 Å². The van der Waals surface area contributed by atoms with Crippen molar-refractivity contribution in [2.75, 3.05) is 0 Å². The fraction of sp³-hybridized carbons (Fsp3) is 0.864. The smallest absolute Gasteiger partial charge is 0.234 e. The van der Waals surface area contributed by atoms with E-state index in [1.807, 2.05) is 0 Å². The normalized spacial score (nSPS) is 11.3. The van der Waals surface area contributed by atoms with E-state index in [2.05, 4.69) is 42.3 Å². The van der Waals surface area contributed by atoms with E-state index in [1.165, 1.54) is 103 Å². The van der Waals surface area contributed by atoms with Gasteiger partial charge in [-0.1, -0.05) is 85.0 Å². The predicted molar refractivity (Wildman–Crippen MR) is 105 cm³/mol. The molecule has 0 atom stereocenters. The number of imidazole rings is 1. The third-order valence-electron chi connectivity index (χ3n) is 5.10. The summed E-state index contributed by atoms with van der Waals surface area (Å²) in [5.74, 6) is 1.57. The molecule has 0 saturated heterocycles. The van der Waals surface area contributed by atoms with Crippen LogP contribution in [0.2, 0.25) is 0 Å². The van der Waals surface area contributed by atoms with Crippen molar-refractivity contribution >= 4 is 0 Å². The molecule has 0 aliphatic rings. The summed E-state index contributed by atoms with van der Waals surface area (Å²) in [6, 6.07) is 0. The highest BCUT2D eigenvalue weighted by Crippen LogP contribution is 2.11. The minimum Gasteiger partial charge on any atom is -0.234 e. The molecule has 0 amide bonds. The third-order valence-corrected chi connectivity index (χ3v) is 5.10. The van der Waals surface area contributed by atoms with Gasteiger partial charge in [-0.05, 0) is 19.3 Å². The van der Waals surface area contributed by atoms with Gasteiger partial charge in [-0.25, -0.2) is 9.13 Å². The molecular formula is C22H43N2+. The molecule has 0 N–H and O–H groups in total. The Kier molecular flexibility index (Phi) is 12.9. The SMILES string of the molecule is CCCCCCCCCCCc1n(CCCC)cc[n+]1CCCC. The molecule has 1 aromatic heterocycles. The van der Waals surface area contributed by atoms with Crippen molar-refractivity contribution in [3.05, 3.63) is 18.2 Å². The van der Waals surface area contributed by atoms with Crippen LogP contribution in [0.4, 0.5) is 0 Å². The maximum Gasteiger partial charge on any atom is 0.256 e. The van der Waals surface area contributed by atoms with Crippen LogP contribution in [0.3, 0.4) is 0 Å². The van der Waals surface area contributed by atoms with E-state index in [0.29, 0.717) is 0 Å². The average molecular weight is 336 g/mol. The molecule has 0 spiro atoms. The molecule has 140 valence electrons. The van der Waals surface area contributed by atoms with Crippen molar-refractivity contribution in [3.63, 3.8) is 0 Å². The summed E-state index contributed by atoms with van der Waals surface area (Å²) >= 11 is 0. The number of hydrogen-bond acceptors (Lipinski definition) is 0. The average Bonchev–Trinajstić information content (AvgIpc) is 2.98. The maximum absolute atomic E-state index is 2.52. The quantitative estimate of drug-likeness (QED) is 0.242. The molecule has 24 heavy (non-hydrogen) atoms. The standard InChI is InChI=1S/C22H43N2/c1-4-7-10-11-12-13-14-15-16-17-22-23(18-8-5-2)20-21-24(22)19-9-6-3/h20-21H,4-19H2,1-3H3/q+1. The zero-order chi connectivity index (χ0) is 17.5. The van der Waals surface area contributed by atoms with E-state index >= 15 is 0 Å². The van der Waals surface area contributed by atoms with Gasteiger partial charge in [0.2, 0.25) is 0 Å². The molecule has 0 fully saturated rings. The predicted octanol–water partition coefficient (Wildman–Crippen LogP) is 6.45. The van der Waals surface area contributed by atoms with Crippen molar-refractivity contribution in [3.8, 4) is 0 Å². The van der Waals surface area contributed by atoms with Gasteiger partial charge >= 0.3 is 0 Å². The Balaban J connectivity index is 2.29. The Labute approximate surface area is 151 Å². The number of aryl methyl sites for hydroxylation is 2. The van der Waals surface area contributed by atoms with E-state index in [4.69, 9.17) is 0 Å². The monoisotopic (exact) mass is 335 g/mol. The molecule has 0 radical (unpaired) electrons. The third kappa shape index (κ3) is 8.89. The molecule has 2 heteroatoms. The van der Waals surface area contributed by atoms with Crippen LogP contribution in [0.1, 0.15) is 110 Å². The molecule has 0 aromatic carbocycles. The Bertz CT molecular complexity index is 369. The molecule has 1 heterocycles.